The number of nitrogens with one attached hydrogen (secondary N) is 1. The molecule has 0 aliphatic carbocycles. The molecule has 3 N–H and O–H groups in total. The molecule has 0 bridgehead atoms. The number of carboxylic acid groups (broad SMARTS) is 1. The minimum atomic E-state index is -5.06. The van der Waals surface area contributed by atoms with Crippen molar-refractivity contribution in [3.8, 4) is 5.75 Å². The number of hydrogen-bond donors (Lipinski definition) is 3. The summed E-state index contributed by atoms with van der Waals surface area (Å²) < 4.78 is 69.2. The summed E-state index contributed by atoms with van der Waals surface area (Å²) in [5.74, 6) is -1.96. The molecule has 37 heavy (non-hydrogen) atoms. The molecule has 13 heteroatoms. The lowest BCUT2D eigenvalue weighted by atomic mass is 9.96. The van der Waals surface area contributed by atoms with Crippen molar-refractivity contribution in [2.24, 2.45) is 0 Å². The van der Waals surface area contributed by atoms with Gasteiger partial charge < -0.3 is 20.3 Å². The Labute approximate surface area is 219 Å². The summed E-state index contributed by atoms with van der Waals surface area (Å²) in [6.45, 7) is 3.76. The standard InChI is InChI=1S/C24H33F3N2O6S2/c1-23(2,9-4-5-17-8-10-36-16-17)28-14-19(30)15-29(3)37(33,34)21-12-18(6-7-22(31)32)11-20(13-21)35-24(25,26)27/h8,10-13,16,19,28,30H,4-7,9,14-15H2,1-3H3,(H,31,32)/t19-/m1/s1. The summed E-state index contributed by atoms with van der Waals surface area (Å²) in [4.78, 5) is 10.4. The van der Waals surface area contributed by atoms with Crippen LogP contribution in [0, 0.1) is 0 Å². The Balaban J connectivity index is 2.03. The smallest absolute Gasteiger partial charge is 0.481 e. The Morgan fingerprint density at radius 1 is 1.19 bits per heavy atom. The van der Waals surface area contributed by atoms with Gasteiger partial charge in [0.25, 0.3) is 0 Å². The third-order valence-electron chi connectivity index (χ3n) is 5.64. The third-order valence-corrected chi connectivity index (χ3v) is 8.17. The van der Waals surface area contributed by atoms with Gasteiger partial charge in [-0.15, -0.1) is 13.2 Å². The number of halogens is 3. The van der Waals surface area contributed by atoms with E-state index >= 15 is 0 Å². The molecule has 0 spiro atoms. The largest absolute Gasteiger partial charge is 0.573 e. The van der Waals surface area contributed by atoms with E-state index in [-0.39, 0.29) is 30.6 Å². The van der Waals surface area contributed by atoms with Crippen LogP contribution in [0.3, 0.4) is 0 Å². The molecule has 0 unspecified atom stereocenters. The lowest BCUT2D eigenvalue weighted by molar-refractivity contribution is -0.274. The van der Waals surface area contributed by atoms with Gasteiger partial charge in [0, 0.05) is 38.2 Å². The summed E-state index contributed by atoms with van der Waals surface area (Å²) in [6.07, 6.45) is -4.04. The maximum absolute atomic E-state index is 13.1. The van der Waals surface area contributed by atoms with Crippen LogP contribution < -0.4 is 10.1 Å². The number of aliphatic carboxylic acids is 1. The van der Waals surface area contributed by atoms with Crippen molar-refractivity contribution in [1.82, 2.24) is 9.62 Å². The van der Waals surface area contributed by atoms with E-state index in [1.165, 1.54) is 12.6 Å². The van der Waals surface area contributed by atoms with Crippen LogP contribution >= 0.6 is 11.3 Å². The SMILES string of the molecule is CN(C[C@H](O)CNC(C)(C)CCCc1ccsc1)S(=O)(=O)c1cc(CCC(=O)O)cc(OC(F)(F)F)c1. The van der Waals surface area contributed by atoms with Crippen LogP contribution in [0.1, 0.15) is 44.2 Å². The van der Waals surface area contributed by atoms with Gasteiger partial charge in [0.1, 0.15) is 5.75 Å². The zero-order valence-corrected chi connectivity index (χ0v) is 22.5. The molecule has 0 aliphatic rings. The van der Waals surface area contributed by atoms with Gasteiger partial charge >= 0.3 is 12.3 Å². The average molecular weight is 567 g/mol. The molecule has 1 heterocycles. The van der Waals surface area contributed by atoms with Crippen molar-refractivity contribution in [2.75, 3.05) is 20.1 Å². The molecule has 1 aromatic carbocycles. The molecule has 0 radical (unpaired) electrons. The van der Waals surface area contributed by atoms with E-state index < -0.39 is 45.5 Å². The fourth-order valence-electron chi connectivity index (χ4n) is 3.66. The van der Waals surface area contributed by atoms with Gasteiger partial charge in [-0.05, 0) is 79.6 Å². The Morgan fingerprint density at radius 2 is 1.89 bits per heavy atom. The molecule has 2 aromatic rings. The average Bonchev–Trinajstić information content (AvgIpc) is 3.28. The Morgan fingerprint density at radius 3 is 2.49 bits per heavy atom. The molecule has 1 atom stereocenters. The van der Waals surface area contributed by atoms with E-state index in [0.717, 1.165) is 41.8 Å². The zero-order chi connectivity index (χ0) is 27.9. The van der Waals surface area contributed by atoms with Crippen molar-refractivity contribution in [1.29, 1.82) is 0 Å². The lowest BCUT2D eigenvalue weighted by Crippen LogP contribution is -2.46. The number of aliphatic hydroxyl groups is 1. The van der Waals surface area contributed by atoms with Crippen LogP contribution in [0.2, 0.25) is 0 Å². The lowest BCUT2D eigenvalue weighted by Gasteiger charge is -2.29. The fraction of sp³-hybridized carbons (Fsp3) is 0.542. The topological polar surface area (TPSA) is 116 Å². The highest BCUT2D eigenvalue weighted by molar-refractivity contribution is 7.89. The van der Waals surface area contributed by atoms with Gasteiger partial charge in [-0.25, -0.2) is 8.42 Å². The van der Waals surface area contributed by atoms with E-state index in [9.17, 15) is 31.5 Å². The van der Waals surface area contributed by atoms with Crippen LogP contribution in [-0.2, 0) is 27.7 Å². The summed E-state index contributed by atoms with van der Waals surface area (Å²) in [7, 11) is -3.11. The second-order valence-electron chi connectivity index (χ2n) is 9.44. The number of ether oxygens (including phenoxy) is 1. The first-order valence-corrected chi connectivity index (χ1v) is 14.0. The van der Waals surface area contributed by atoms with Gasteiger partial charge in [-0.1, -0.05) is 0 Å². The Hall–Kier alpha value is -2.19. The predicted octanol–water partition coefficient (Wildman–Crippen LogP) is 4.04. The molecule has 0 aliphatic heterocycles. The number of rotatable bonds is 15. The number of carbonyl (C=O) groups is 1. The first-order chi connectivity index (χ1) is 17.1. The minimum Gasteiger partial charge on any atom is -0.481 e. The summed E-state index contributed by atoms with van der Waals surface area (Å²) >= 11 is 1.64. The summed E-state index contributed by atoms with van der Waals surface area (Å²) in [5, 5.41) is 26.7. The normalized spacial score (nSPS) is 13.6. The molecule has 0 saturated carbocycles. The quantitative estimate of drug-likeness (QED) is 0.298. The van der Waals surface area contributed by atoms with Gasteiger partial charge in [-0.2, -0.15) is 15.6 Å². The van der Waals surface area contributed by atoms with Crippen molar-refractivity contribution in [3.05, 3.63) is 46.2 Å². The number of benzene rings is 1. The van der Waals surface area contributed by atoms with Crippen molar-refractivity contribution in [3.63, 3.8) is 0 Å². The van der Waals surface area contributed by atoms with Crippen molar-refractivity contribution in [2.45, 2.75) is 68.9 Å². The fourth-order valence-corrected chi connectivity index (χ4v) is 5.66. The van der Waals surface area contributed by atoms with E-state index in [4.69, 9.17) is 5.11 Å². The summed E-state index contributed by atoms with van der Waals surface area (Å²) in [6, 6.07) is 4.86. The maximum atomic E-state index is 13.1. The second-order valence-corrected chi connectivity index (χ2v) is 12.3. The van der Waals surface area contributed by atoms with Crippen LogP contribution in [0.25, 0.3) is 0 Å². The molecule has 0 saturated heterocycles. The van der Waals surface area contributed by atoms with E-state index in [1.54, 1.807) is 11.3 Å². The number of aliphatic hydroxyl groups excluding tert-OH is 1. The number of likely N-dealkylation sites (N-methyl/N-ethyl adjacent to an activating group) is 1. The van der Waals surface area contributed by atoms with Crippen molar-refractivity contribution < 1.29 is 41.3 Å². The predicted molar refractivity (Wildman–Crippen MR) is 134 cm³/mol. The van der Waals surface area contributed by atoms with Crippen LogP contribution in [0.15, 0.2) is 39.9 Å². The van der Waals surface area contributed by atoms with Gasteiger partial charge in [0.2, 0.25) is 10.0 Å². The third kappa shape index (κ3) is 11.0. The van der Waals surface area contributed by atoms with Gasteiger partial charge in [0.05, 0.1) is 11.0 Å². The summed E-state index contributed by atoms with van der Waals surface area (Å²) in [5.41, 5.74) is 1.02. The monoisotopic (exact) mass is 566 g/mol. The van der Waals surface area contributed by atoms with E-state index in [2.05, 4.69) is 21.5 Å². The molecule has 208 valence electrons. The first kappa shape index (κ1) is 31.0. The number of thiophene rings is 1. The Bertz CT molecular complexity index is 1120. The minimum absolute atomic E-state index is 0.0579. The van der Waals surface area contributed by atoms with Crippen molar-refractivity contribution >= 4 is 27.3 Å². The molecule has 0 fully saturated rings. The number of carboxylic acids is 1. The maximum Gasteiger partial charge on any atom is 0.573 e. The number of hydrogen-bond acceptors (Lipinski definition) is 7. The molecular weight excluding hydrogens is 533 g/mol. The molecule has 1 aromatic heterocycles. The van der Waals surface area contributed by atoms with E-state index in [0.29, 0.717) is 0 Å². The number of nitrogens with zero attached hydrogens (tertiary/aromatic N) is 1. The highest BCUT2D eigenvalue weighted by Gasteiger charge is 2.32. The molecule has 0 amide bonds. The highest BCUT2D eigenvalue weighted by atomic mass is 32.2. The van der Waals surface area contributed by atoms with E-state index in [1.807, 2.05) is 19.2 Å². The van der Waals surface area contributed by atoms with Gasteiger partial charge in [-0.3, -0.25) is 4.79 Å². The molecular formula is C24H33F3N2O6S2. The highest BCUT2D eigenvalue weighted by Crippen LogP contribution is 2.29. The first-order valence-electron chi connectivity index (χ1n) is 11.6. The number of sulfonamides is 1. The number of β-amino-alcohol motifs (C(OH)–C–C–N with tert-alkyl or cyclic N) is 1. The molecule has 8 nitrogen and oxygen atoms in total. The van der Waals surface area contributed by atoms with Crippen LogP contribution in [0.4, 0.5) is 13.2 Å². The number of alkyl halides is 3. The zero-order valence-electron chi connectivity index (χ0n) is 20.9. The Kier molecular flexibility index (Phi) is 10.9. The van der Waals surface area contributed by atoms with Crippen LogP contribution in [0.5, 0.6) is 5.75 Å². The van der Waals surface area contributed by atoms with Crippen LogP contribution in [-0.4, -0.2) is 67.0 Å². The van der Waals surface area contributed by atoms with Gasteiger partial charge in [0.15, 0.2) is 0 Å². The number of aryl methyl sites for hydroxylation is 2. The second kappa shape index (κ2) is 13.1. The molecule has 2 rings (SSSR count).